The molecule has 1 aromatic carbocycles. The van der Waals surface area contributed by atoms with E-state index < -0.39 is 0 Å². The fourth-order valence-electron chi connectivity index (χ4n) is 2.75. The largest absolute Gasteiger partial charge is 0.350 e. The summed E-state index contributed by atoms with van der Waals surface area (Å²) in [5.41, 5.74) is 3.14. The lowest BCUT2D eigenvalue weighted by Gasteiger charge is -2.45. The standard InChI is InChI=1S/C14H18N2/c1-14(2)9-15-13(14)11-8-16(3)12-7-5-4-6-10(11)12/h4-8,13,15H,9H2,1-3H3. The summed E-state index contributed by atoms with van der Waals surface area (Å²) in [5.74, 6) is 0. The molecule has 2 nitrogen and oxygen atoms in total. The van der Waals surface area contributed by atoms with E-state index in [0.717, 1.165) is 6.54 Å². The normalized spacial score (nSPS) is 23.3. The van der Waals surface area contributed by atoms with Gasteiger partial charge in [-0.25, -0.2) is 0 Å². The number of nitrogens with zero attached hydrogens (tertiary/aromatic N) is 1. The van der Waals surface area contributed by atoms with E-state index in [-0.39, 0.29) is 0 Å². The number of nitrogens with one attached hydrogen (secondary N) is 1. The summed E-state index contributed by atoms with van der Waals surface area (Å²) in [4.78, 5) is 0. The first-order valence-corrected chi connectivity index (χ1v) is 5.87. The van der Waals surface area contributed by atoms with Gasteiger partial charge in [0.25, 0.3) is 0 Å². The van der Waals surface area contributed by atoms with Crippen LogP contribution in [-0.2, 0) is 7.05 Å². The van der Waals surface area contributed by atoms with E-state index in [1.54, 1.807) is 0 Å². The van der Waals surface area contributed by atoms with Crippen LogP contribution in [-0.4, -0.2) is 11.1 Å². The van der Waals surface area contributed by atoms with Crippen molar-refractivity contribution in [1.82, 2.24) is 9.88 Å². The van der Waals surface area contributed by atoms with E-state index in [9.17, 15) is 0 Å². The van der Waals surface area contributed by atoms with E-state index in [0.29, 0.717) is 11.5 Å². The molecule has 1 N–H and O–H groups in total. The number of para-hydroxylation sites is 1. The van der Waals surface area contributed by atoms with Gasteiger partial charge in [0.05, 0.1) is 0 Å². The molecule has 0 amide bonds. The van der Waals surface area contributed by atoms with Gasteiger partial charge < -0.3 is 9.88 Å². The van der Waals surface area contributed by atoms with Gasteiger partial charge in [-0.15, -0.1) is 0 Å². The van der Waals surface area contributed by atoms with Crippen LogP contribution in [0.1, 0.15) is 25.5 Å². The minimum atomic E-state index is 0.379. The van der Waals surface area contributed by atoms with Gasteiger partial charge in [-0.1, -0.05) is 32.0 Å². The number of benzene rings is 1. The highest BCUT2D eigenvalue weighted by molar-refractivity contribution is 5.84. The van der Waals surface area contributed by atoms with Crippen molar-refractivity contribution in [2.24, 2.45) is 12.5 Å². The Hall–Kier alpha value is -1.28. The first kappa shape index (κ1) is 9.91. The van der Waals surface area contributed by atoms with Gasteiger partial charge in [0.1, 0.15) is 0 Å². The Kier molecular flexibility index (Phi) is 1.93. The number of hydrogen-bond donors (Lipinski definition) is 1. The maximum absolute atomic E-state index is 3.54. The lowest BCUT2D eigenvalue weighted by molar-refractivity contribution is 0.129. The van der Waals surface area contributed by atoms with E-state index in [1.807, 2.05) is 0 Å². The van der Waals surface area contributed by atoms with Crippen LogP contribution >= 0.6 is 0 Å². The molecule has 0 aliphatic carbocycles. The van der Waals surface area contributed by atoms with Crippen LogP contribution in [0.4, 0.5) is 0 Å². The molecule has 1 aromatic heterocycles. The molecule has 2 heteroatoms. The second-order valence-electron chi connectivity index (χ2n) is 5.51. The van der Waals surface area contributed by atoms with Crippen LogP contribution in [0.25, 0.3) is 10.9 Å². The molecule has 1 saturated heterocycles. The van der Waals surface area contributed by atoms with Gasteiger partial charge in [0.2, 0.25) is 0 Å². The van der Waals surface area contributed by atoms with Gasteiger partial charge in [-0.3, -0.25) is 0 Å². The Morgan fingerprint density at radius 3 is 2.69 bits per heavy atom. The fraction of sp³-hybridized carbons (Fsp3) is 0.429. The summed E-state index contributed by atoms with van der Waals surface area (Å²) >= 11 is 0. The molecule has 0 saturated carbocycles. The van der Waals surface area contributed by atoms with Crippen molar-refractivity contribution in [2.75, 3.05) is 6.54 Å². The summed E-state index contributed by atoms with van der Waals surface area (Å²) in [6, 6.07) is 9.13. The van der Waals surface area contributed by atoms with Gasteiger partial charge in [0.15, 0.2) is 0 Å². The quantitative estimate of drug-likeness (QED) is 0.772. The summed E-state index contributed by atoms with van der Waals surface area (Å²) < 4.78 is 2.22. The van der Waals surface area contributed by atoms with E-state index in [4.69, 9.17) is 0 Å². The van der Waals surface area contributed by atoms with Gasteiger partial charge in [0, 0.05) is 36.7 Å². The van der Waals surface area contributed by atoms with Crippen molar-refractivity contribution in [3.63, 3.8) is 0 Å². The average Bonchev–Trinajstić information content (AvgIpc) is 2.56. The van der Waals surface area contributed by atoms with Crippen molar-refractivity contribution >= 4 is 10.9 Å². The highest BCUT2D eigenvalue weighted by atomic mass is 15.0. The zero-order chi connectivity index (χ0) is 11.3. The van der Waals surface area contributed by atoms with Crippen LogP contribution in [0.3, 0.4) is 0 Å². The summed E-state index contributed by atoms with van der Waals surface area (Å²) in [7, 11) is 2.12. The molecule has 1 fully saturated rings. The predicted molar refractivity (Wildman–Crippen MR) is 67.4 cm³/mol. The molecule has 2 aromatic rings. The van der Waals surface area contributed by atoms with Crippen LogP contribution in [0.5, 0.6) is 0 Å². The molecule has 2 heterocycles. The Labute approximate surface area is 96.3 Å². The lowest BCUT2D eigenvalue weighted by Crippen LogP contribution is -2.52. The molecule has 0 radical (unpaired) electrons. The van der Waals surface area contributed by atoms with Crippen molar-refractivity contribution in [3.05, 3.63) is 36.0 Å². The lowest BCUT2D eigenvalue weighted by atomic mass is 9.74. The smallest absolute Gasteiger partial charge is 0.0481 e. The molecule has 0 bridgehead atoms. The minimum absolute atomic E-state index is 0.379. The van der Waals surface area contributed by atoms with Gasteiger partial charge in [-0.05, 0) is 17.0 Å². The average molecular weight is 214 g/mol. The Bertz CT molecular complexity index is 537. The van der Waals surface area contributed by atoms with Gasteiger partial charge in [-0.2, -0.15) is 0 Å². The molecule has 84 valence electrons. The van der Waals surface area contributed by atoms with Crippen molar-refractivity contribution in [1.29, 1.82) is 0 Å². The Morgan fingerprint density at radius 2 is 2.06 bits per heavy atom. The second-order valence-corrected chi connectivity index (χ2v) is 5.51. The zero-order valence-electron chi connectivity index (χ0n) is 10.1. The predicted octanol–water partition coefficient (Wildman–Crippen LogP) is 2.85. The summed E-state index contributed by atoms with van der Waals surface area (Å²) in [6.07, 6.45) is 2.27. The maximum atomic E-state index is 3.54. The topological polar surface area (TPSA) is 17.0 Å². The highest BCUT2D eigenvalue weighted by Gasteiger charge is 2.40. The summed E-state index contributed by atoms with van der Waals surface area (Å²) in [5, 5.41) is 4.93. The molecular formula is C14H18N2. The summed E-state index contributed by atoms with van der Waals surface area (Å²) in [6.45, 7) is 5.77. The van der Waals surface area contributed by atoms with Crippen molar-refractivity contribution in [3.8, 4) is 0 Å². The molecule has 0 spiro atoms. The van der Waals surface area contributed by atoms with Crippen molar-refractivity contribution < 1.29 is 0 Å². The van der Waals surface area contributed by atoms with Crippen LogP contribution in [0.15, 0.2) is 30.5 Å². The molecule has 3 rings (SSSR count). The third-order valence-electron chi connectivity index (χ3n) is 3.78. The minimum Gasteiger partial charge on any atom is -0.350 e. The van der Waals surface area contributed by atoms with E-state index in [2.05, 4.69) is 61.2 Å². The first-order chi connectivity index (χ1) is 7.59. The molecule has 1 atom stereocenters. The Balaban J connectivity index is 2.18. The zero-order valence-corrected chi connectivity index (χ0v) is 10.1. The highest BCUT2D eigenvalue weighted by Crippen LogP contribution is 2.42. The fourth-order valence-corrected chi connectivity index (χ4v) is 2.75. The van der Waals surface area contributed by atoms with E-state index in [1.165, 1.54) is 16.5 Å². The monoisotopic (exact) mass is 214 g/mol. The molecule has 16 heavy (non-hydrogen) atoms. The Morgan fingerprint density at radius 1 is 1.31 bits per heavy atom. The van der Waals surface area contributed by atoms with Crippen LogP contribution in [0.2, 0.25) is 0 Å². The molecular weight excluding hydrogens is 196 g/mol. The molecule has 1 aliphatic rings. The second kappa shape index (κ2) is 3.11. The number of rotatable bonds is 1. The number of hydrogen-bond acceptors (Lipinski definition) is 1. The molecule has 1 aliphatic heterocycles. The number of aromatic nitrogens is 1. The maximum Gasteiger partial charge on any atom is 0.0481 e. The van der Waals surface area contributed by atoms with E-state index >= 15 is 0 Å². The third kappa shape index (κ3) is 1.23. The first-order valence-electron chi connectivity index (χ1n) is 5.87. The SMILES string of the molecule is Cn1cc(C2NCC2(C)C)c2ccccc21. The van der Waals surface area contributed by atoms with Crippen LogP contribution in [0, 0.1) is 5.41 Å². The van der Waals surface area contributed by atoms with Crippen LogP contribution < -0.4 is 5.32 Å². The third-order valence-corrected chi connectivity index (χ3v) is 3.78. The van der Waals surface area contributed by atoms with Gasteiger partial charge >= 0.3 is 0 Å². The number of aryl methyl sites for hydroxylation is 1. The van der Waals surface area contributed by atoms with Crippen molar-refractivity contribution in [2.45, 2.75) is 19.9 Å². The number of fused-ring (bicyclic) bond motifs is 1. The molecule has 1 unspecified atom stereocenters.